The van der Waals surface area contributed by atoms with Crippen LogP contribution in [0.4, 0.5) is 5.82 Å². The van der Waals surface area contributed by atoms with Crippen molar-refractivity contribution in [2.45, 2.75) is 25.8 Å². The second kappa shape index (κ2) is 6.26. The topological polar surface area (TPSA) is 45.2 Å². The summed E-state index contributed by atoms with van der Waals surface area (Å²) in [5.74, 6) is 1.04. The molecule has 1 aliphatic rings. The van der Waals surface area contributed by atoms with Gasteiger partial charge in [-0.2, -0.15) is 0 Å². The predicted molar refractivity (Wildman–Crippen MR) is 86.0 cm³/mol. The lowest BCUT2D eigenvalue weighted by molar-refractivity contribution is 0.0936. The van der Waals surface area contributed by atoms with Crippen LogP contribution in [0.3, 0.4) is 0 Å². The molecule has 0 radical (unpaired) electrons. The summed E-state index contributed by atoms with van der Waals surface area (Å²) in [6, 6.07) is 8.12. The van der Waals surface area contributed by atoms with Gasteiger partial charge in [-0.05, 0) is 48.9 Å². The first-order valence-corrected chi connectivity index (χ1v) is 8.13. The first-order valence-electron chi connectivity index (χ1n) is 7.25. The Morgan fingerprint density at radius 2 is 2.33 bits per heavy atom. The van der Waals surface area contributed by atoms with E-state index in [0.29, 0.717) is 0 Å². The third-order valence-electron chi connectivity index (χ3n) is 3.80. The molecule has 0 spiro atoms. The molecule has 0 saturated carbocycles. The fraction of sp³-hybridized carbons (Fsp3) is 0.375. The molecule has 5 heteroatoms. The molecule has 110 valence electrons. The van der Waals surface area contributed by atoms with Crippen LogP contribution in [0.1, 0.15) is 28.1 Å². The Bertz CT molecular complexity index is 611. The molecule has 1 unspecified atom stereocenters. The van der Waals surface area contributed by atoms with Crippen LogP contribution >= 0.6 is 11.3 Å². The lowest BCUT2D eigenvalue weighted by Gasteiger charge is -2.33. The number of anilines is 1. The maximum absolute atomic E-state index is 12.3. The van der Waals surface area contributed by atoms with Crippen molar-refractivity contribution in [2.75, 3.05) is 18.0 Å². The molecule has 1 aliphatic heterocycles. The van der Waals surface area contributed by atoms with Crippen LogP contribution in [0, 0.1) is 6.92 Å². The van der Waals surface area contributed by atoms with Gasteiger partial charge < -0.3 is 10.2 Å². The Morgan fingerprint density at radius 1 is 1.43 bits per heavy atom. The quantitative estimate of drug-likeness (QED) is 0.948. The molecule has 0 bridgehead atoms. The number of nitrogens with one attached hydrogen (secondary N) is 1. The molecule has 1 atom stereocenters. The molecule has 2 aromatic heterocycles. The number of hydrogen-bond donors (Lipinski definition) is 1. The van der Waals surface area contributed by atoms with Gasteiger partial charge in [-0.25, -0.2) is 4.98 Å². The van der Waals surface area contributed by atoms with Gasteiger partial charge in [-0.15, -0.1) is 11.3 Å². The van der Waals surface area contributed by atoms with Gasteiger partial charge in [0.1, 0.15) is 5.82 Å². The highest BCUT2D eigenvalue weighted by Crippen LogP contribution is 2.19. The minimum Gasteiger partial charge on any atom is -0.355 e. The van der Waals surface area contributed by atoms with Crippen LogP contribution in [0.25, 0.3) is 0 Å². The fourth-order valence-electron chi connectivity index (χ4n) is 2.70. The monoisotopic (exact) mass is 301 g/mol. The molecule has 1 amide bonds. The molecule has 3 heterocycles. The number of carbonyl (C=O) groups is 1. The third kappa shape index (κ3) is 3.24. The highest BCUT2D eigenvalue weighted by molar-refractivity contribution is 7.12. The molecule has 21 heavy (non-hydrogen) atoms. The molecular weight excluding hydrogens is 282 g/mol. The van der Waals surface area contributed by atoms with Crippen LogP contribution in [0.15, 0.2) is 35.8 Å². The van der Waals surface area contributed by atoms with Crippen molar-refractivity contribution in [2.24, 2.45) is 0 Å². The average molecular weight is 301 g/mol. The summed E-state index contributed by atoms with van der Waals surface area (Å²) in [6.07, 6.45) is 3.91. The average Bonchev–Trinajstić information content (AvgIpc) is 2.95. The number of aromatic nitrogens is 1. The van der Waals surface area contributed by atoms with E-state index in [2.05, 4.69) is 15.2 Å². The minimum absolute atomic E-state index is 0.0513. The van der Waals surface area contributed by atoms with Gasteiger partial charge in [0.25, 0.3) is 5.91 Å². The van der Waals surface area contributed by atoms with E-state index in [9.17, 15) is 4.79 Å². The van der Waals surface area contributed by atoms with Gasteiger partial charge in [-0.3, -0.25) is 4.79 Å². The van der Waals surface area contributed by atoms with Crippen molar-refractivity contribution in [1.82, 2.24) is 10.3 Å². The number of thiophene rings is 1. The number of aryl methyl sites for hydroxylation is 1. The van der Waals surface area contributed by atoms with E-state index in [-0.39, 0.29) is 11.9 Å². The van der Waals surface area contributed by atoms with Crippen LogP contribution in [-0.2, 0) is 0 Å². The standard InChI is InChI=1S/C16H19N3OS/c1-12-7-10-21-15(12)16(20)18-13-5-4-9-19(11-13)14-6-2-3-8-17-14/h2-3,6-8,10,13H,4-5,9,11H2,1H3,(H,18,20). The number of amides is 1. The Morgan fingerprint density at radius 3 is 3.05 bits per heavy atom. The number of carbonyl (C=O) groups excluding carboxylic acids is 1. The summed E-state index contributed by atoms with van der Waals surface area (Å²) in [4.78, 5) is 19.8. The Hall–Kier alpha value is -1.88. The van der Waals surface area contributed by atoms with Crippen molar-refractivity contribution < 1.29 is 4.79 Å². The zero-order valence-corrected chi connectivity index (χ0v) is 12.9. The summed E-state index contributed by atoms with van der Waals surface area (Å²) in [5, 5.41) is 5.13. The maximum atomic E-state index is 12.3. The van der Waals surface area contributed by atoms with Crippen molar-refractivity contribution in [3.8, 4) is 0 Å². The third-order valence-corrected chi connectivity index (χ3v) is 4.81. The molecule has 1 N–H and O–H groups in total. The first kappa shape index (κ1) is 14.1. The summed E-state index contributed by atoms with van der Waals surface area (Å²) >= 11 is 1.51. The first-order chi connectivity index (χ1) is 10.2. The molecule has 1 fully saturated rings. The minimum atomic E-state index is 0.0513. The molecule has 1 saturated heterocycles. The molecule has 0 aliphatic carbocycles. The second-order valence-electron chi connectivity index (χ2n) is 5.38. The normalized spacial score (nSPS) is 18.5. The van der Waals surface area contributed by atoms with E-state index in [1.54, 1.807) is 0 Å². The largest absolute Gasteiger partial charge is 0.355 e. The van der Waals surface area contributed by atoms with Gasteiger partial charge in [0, 0.05) is 25.3 Å². The second-order valence-corrected chi connectivity index (χ2v) is 6.30. The van der Waals surface area contributed by atoms with E-state index in [1.165, 1.54) is 11.3 Å². The number of hydrogen-bond acceptors (Lipinski definition) is 4. The van der Waals surface area contributed by atoms with Crippen molar-refractivity contribution in [1.29, 1.82) is 0 Å². The Labute approximate surface area is 128 Å². The molecular formula is C16H19N3OS. The van der Waals surface area contributed by atoms with E-state index in [4.69, 9.17) is 0 Å². The molecule has 3 rings (SSSR count). The van der Waals surface area contributed by atoms with Crippen LogP contribution in [0.2, 0.25) is 0 Å². The lowest BCUT2D eigenvalue weighted by atomic mass is 10.1. The number of piperidine rings is 1. The summed E-state index contributed by atoms with van der Waals surface area (Å²) in [6.45, 7) is 3.81. The Balaban J connectivity index is 1.64. The zero-order chi connectivity index (χ0) is 14.7. The summed E-state index contributed by atoms with van der Waals surface area (Å²) in [7, 11) is 0. The SMILES string of the molecule is Cc1ccsc1C(=O)NC1CCCN(c2ccccn2)C1. The van der Waals surface area contributed by atoms with Crippen LogP contribution < -0.4 is 10.2 Å². The van der Waals surface area contributed by atoms with Gasteiger partial charge in [0.15, 0.2) is 0 Å². The Kier molecular flexibility index (Phi) is 4.20. The molecule has 2 aromatic rings. The maximum Gasteiger partial charge on any atom is 0.261 e. The van der Waals surface area contributed by atoms with Crippen molar-refractivity contribution in [3.05, 3.63) is 46.3 Å². The number of rotatable bonds is 3. The number of nitrogens with zero attached hydrogens (tertiary/aromatic N) is 2. The van der Waals surface area contributed by atoms with Crippen molar-refractivity contribution >= 4 is 23.1 Å². The van der Waals surface area contributed by atoms with Crippen LogP contribution in [-0.4, -0.2) is 30.0 Å². The zero-order valence-electron chi connectivity index (χ0n) is 12.1. The van der Waals surface area contributed by atoms with Gasteiger partial charge >= 0.3 is 0 Å². The van der Waals surface area contributed by atoms with Gasteiger partial charge in [0.2, 0.25) is 0 Å². The van der Waals surface area contributed by atoms with Gasteiger partial charge in [0.05, 0.1) is 4.88 Å². The van der Waals surface area contributed by atoms with Crippen molar-refractivity contribution in [3.63, 3.8) is 0 Å². The smallest absolute Gasteiger partial charge is 0.261 e. The van der Waals surface area contributed by atoms with E-state index < -0.39 is 0 Å². The highest BCUT2D eigenvalue weighted by Gasteiger charge is 2.23. The predicted octanol–water partition coefficient (Wildman–Crippen LogP) is 2.85. The molecule has 4 nitrogen and oxygen atoms in total. The van der Waals surface area contributed by atoms with E-state index >= 15 is 0 Å². The fourth-order valence-corrected chi connectivity index (χ4v) is 3.53. The summed E-state index contributed by atoms with van der Waals surface area (Å²) < 4.78 is 0. The van der Waals surface area contributed by atoms with E-state index in [1.807, 2.05) is 42.8 Å². The van der Waals surface area contributed by atoms with Gasteiger partial charge in [-0.1, -0.05) is 6.07 Å². The number of pyridine rings is 1. The summed E-state index contributed by atoms with van der Waals surface area (Å²) in [5.41, 5.74) is 1.05. The highest BCUT2D eigenvalue weighted by atomic mass is 32.1. The lowest BCUT2D eigenvalue weighted by Crippen LogP contribution is -2.48. The molecule has 0 aromatic carbocycles. The van der Waals surface area contributed by atoms with E-state index in [0.717, 1.165) is 42.2 Å². The van der Waals surface area contributed by atoms with Crippen LogP contribution in [0.5, 0.6) is 0 Å².